The first-order valence-corrected chi connectivity index (χ1v) is 17.0. The van der Waals surface area contributed by atoms with Gasteiger partial charge >= 0.3 is 0 Å². The standard InChI is InChI=1S/C38H47O3P/c1-23(2)27-12-14-29-19-35(33(25(5)6)20-31(29)17-27)36-11-9-10-16-38(36,41-42(39)40)37-22-30-15-13-28(24(3)4)18-32(30)21-34(37)26(7)8/h12-15,17-26,36H,9-11,16H2,1-8H3/q-2. The van der Waals surface area contributed by atoms with Gasteiger partial charge in [-0.05, 0) is 97.5 Å². The van der Waals surface area contributed by atoms with E-state index in [4.69, 9.17) is 4.52 Å². The van der Waals surface area contributed by atoms with Gasteiger partial charge in [0.05, 0.1) is 0 Å². The van der Waals surface area contributed by atoms with Crippen LogP contribution >= 0.6 is 8.60 Å². The second-order valence-electron chi connectivity index (χ2n) is 13.8. The van der Waals surface area contributed by atoms with Crippen LogP contribution in [-0.2, 0) is 10.1 Å². The molecule has 0 saturated heterocycles. The molecular formula is C38H47O3P-2. The maximum absolute atomic E-state index is 12.6. The number of hydrogen-bond donors (Lipinski definition) is 0. The molecule has 3 nitrogen and oxygen atoms in total. The van der Waals surface area contributed by atoms with Crippen molar-refractivity contribution in [1.29, 1.82) is 0 Å². The maximum atomic E-state index is 12.6. The highest BCUT2D eigenvalue weighted by atomic mass is 31.2. The van der Waals surface area contributed by atoms with E-state index in [-0.39, 0.29) is 11.8 Å². The summed E-state index contributed by atoms with van der Waals surface area (Å²) in [7, 11) is -3.07. The Kier molecular flexibility index (Phi) is 9.17. The molecule has 1 aliphatic rings. The molecule has 1 aliphatic carbocycles. The van der Waals surface area contributed by atoms with Crippen molar-refractivity contribution in [3.63, 3.8) is 0 Å². The van der Waals surface area contributed by atoms with E-state index in [0.29, 0.717) is 24.2 Å². The topological polar surface area (TPSA) is 55.3 Å². The number of hydrogen-bond acceptors (Lipinski definition) is 3. The summed E-state index contributed by atoms with van der Waals surface area (Å²) in [5.41, 5.74) is 6.44. The zero-order valence-corrected chi connectivity index (χ0v) is 27.6. The molecule has 0 amide bonds. The van der Waals surface area contributed by atoms with E-state index in [1.54, 1.807) is 0 Å². The Balaban J connectivity index is 1.78. The molecular weight excluding hydrogens is 535 g/mol. The van der Waals surface area contributed by atoms with Crippen LogP contribution in [0.3, 0.4) is 0 Å². The Morgan fingerprint density at radius 1 is 0.643 bits per heavy atom. The molecule has 224 valence electrons. The zero-order chi connectivity index (χ0) is 30.3. The summed E-state index contributed by atoms with van der Waals surface area (Å²) in [6, 6.07) is 22.7. The van der Waals surface area contributed by atoms with E-state index in [0.717, 1.165) is 30.2 Å². The minimum atomic E-state index is -3.07. The Morgan fingerprint density at radius 3 is 1.71 bits per heavy atom. The summed E-state index contributed by atoms with van der Waals surface area (Å²) >= 11 is 0. The van der Waals surface area contributed by atoms with Gasteiger partial charge in [-0.1, -0.05) is 123 Å². The fourth-order valence-corrected chi connectivity index (χ4v) is 7.80. The lowest BCUT2D eigenvalue weighted by Gasteiger charge is -2.51. The summed E-state index contributed by atoms with van der Waals surface area (Å²) < 4.78 is 6.28. The van der Waals surface area contributed by atoms with Crippen molar-refractivity contribution >= 4 is 30.1 Å². The van der Waals surface area contributed by atoms with Crippen LogP contribution in [0.1, 0.15) is 144 Å². The lowest BCUT2D eigenvalue weighted by atomic mass is 9.65. The molecule has 4 heteroatoms. The number of rotatable bonds is 8. The van der Waals surface area contributed by atoms with Crippen LogP contribution in [0.15, 0.2) is 60.7 Å². The van der Waals surface area contributed by atoms with Gasteiger partial charge in [0.25, 0.3) is 0 Å². The summed E-state index contributed by atoms with van der Waals surface area (Å²) in [4.78, 5) is 25.3. The van der Waals surface area contributed by atoms with Gasteiger partial charge in [0, 0.05) is 5.92 Å². The van der Waals surface area contributed by atoms with Gasteiger partial charge in [0.1, 0.15) is 5.60 Å². The largest absolute Gasteiger partial charge is 0.820 e. The average molecular weight is 583 g/mol. The van der Waals surface area contributed by atoms with E-state index in [9.17, 15) is 9.79 Å². The Morgan fingerprint density at radius 2 is 1.19 bits per heavy atom. The van der Waals surface area contributed by atoms with E-state index < -0.39 is 14.2 Å². The molecule has 0 heterocycles. The van der Waals surface area contributed by atoms with Gasteiger partial charge in [-0.3, -0.25) is 0 Å². The highest BCUT2D eigenvalue weighted by Gasteiger charge is 2.46. The second-order valence-corrected chi connectivity index (χ2v) is 14.4. The Bertz CT molecular complexity index is 1570. The first-order valence-electron chi connectivity index (χ1n) is 15.9. The summed E-state index contributed by atoms with van der Waals surface area (Å²) in [6.07, 6.45) is 3.55. The zero-order valence-electron chi connectivity index (χ0n) is 26.7. The number of fused-ring (bicyclic) bond motifs is 2. The third-order valence-electron chi connectivity index (χ3n) is 9.60. The minimum Gasteiger partial charge on any atom is -0.820 e. The van der Waals surface area contributed by atoms with Gasteiger partial charge in [0.2, 0.25) is 0 Å². The van der Waals surface area contributed by atoms with Crippen molar-refractivity contribution in [2.24, 2.45) is 0 Å². The molecule has 0 spiro atoms. The monoisotopic (exact) mass is 582 g/mol. The van der Waals surface area contributed by atoms with Crippen LogP contribution in [0.4, 0.5) is 0 Å². The maximum Gasteiger partial charge on any atom is 0.101 e. The normalized spacial score (nSPS) is 19.8. The quantitative estimate of drug-likeness (QED) is 0.194. The van der Waals surface area contributed by atoms with Crippen LogP contribution in [0, 0.1) is 0 Å². The second kappa shape index (κ2) is 12.4. The highest BCUT2D eigenvalue weighted by Crippen LogP contribution is 2.56. The smallest absolute Gasteiger partial charge is 0.101 e. The van der Waals surface area contributed by atoms with Gasteiger partial charge in [-0.2, -0.15) is 8.60 Å². The average Bonchev–Trinajstić information content (AvgIpc) is 2.94. The molecule has 2 unspecified atom stereocenters. The van der Waals surface area contributed by atoms with Crippen LogP contribution in [-0.4, -0.2) is 0 Å². The lowest BCUT2D eigenvalue weighted by molar-refractivity contribution is -0.329. The van der Waals surface area contributed by atoms with E-state index >= 15 is 0 Å². The van der Waals surface area contributed by atoms with Crippen molar-refractivity contribution in [3.8, 4) is 0 Å². The fraction of sp³-hybridized carbons (Fsp3) is 0.474. The SMILES string of the molecule is CC(C)c1ccc2cc(C3CCCCC3(OP([O-])[O-])c3cc4ccc(C(C)C)cc4cc3C(C)C)c(C(C)C)cc2c1. The van der Waals surface area contributed by atoms with Crippen molar-refractivity contribution in [3.05, 3.63) is 94.0 Å². The molecule has 42 heavy (non-hydrogen) atoms. The molecule has 0 radical (unpaired) electrons. The number of benzene rings is 4. The van der Waals surface area contributed by atoms with Gasteiger partial charge in [-0.15, -0.1) is 0 Å². The minimum absolute atomic E-state index is 0.0735. The fourth-order valence-electron chi connectivity index (χ4n) is 7.21. The van der Waals surface area contributed by atoms with Crippen molar-refractivity contribution < 1.29 is 14.3 Å². The van der Waals surface area contributed by atoms with Crippen molar-refractivity contribution in [2.75, 3.05) is 0 Å². The van der Waals surface area contributed by atoms with Crippen LogP contribution in [0.5, 0.6) is 0 Å². The molecule has 2 atom stereocenters. The summed E-state index contributed by atoms with van der Waals surface area (Å²) in [5, 5.41) is 4.79. The van der Waals surface area contributed by atoms with Gasteiger partial charge in [-0.25, -0.2) is 0 Å². The van der Waals surface area contributed by atoms with Crippen LogP contribution in [0.2, 0.25) is 0 Å². The van der Waals surface area contributed by atoms with Crippen molar-refractivity contribution in [2.45, 2.75) is 116 Å². The van der Waals surface area contributed by atoms with Crippen LogP contribution < -0.4 is 9.79 Å². The van der Waals surface area contributed by atoms with Gasteiger partial charge < -0.3 is 14.3 Å². The third-order valence-corrected chi connectivity index (χ3v) is 10.1. The first-order chi connectivity index (χ1) is 19.9. The predicted octanol–water partition coefficient (Wildman–Crippen LogP) is 10.0. The molecule has 0 N–H and O–H groups in total. The molecule has 1 fully saturated rings. The molecule has 0 aromatic heterocycles. The molecule has 4 aromatic carbocycles. The first kappa shape index (κ1) is 31.1. The highest BCUT2D eigenvalue weighted by molar-refractivity contribution is 7.36. The summed E-state index contributed by atoms with van der Waals surface area (Å²) in [5.74, 6) is 1.34. The predicted molar refractivity (Wildman–Crippen MR) is 175 cm³/mol. The molecule has 5 rings (SSSR count). The van der Waals surface area contributed by atoms with E-state index in [2.05, 4.69) is 116 Å². The van der Waals surface area contributed by atoms with Gasteiger partial charge in [0.15, 0.2) is 0 Å². The van der Waals surface area contributed by atoms with E-state index in [1.807, 2.05) is 0 Å². The molecule has 4 aromatic rings. The molecule has 0 bridgehead atoms. The van der Waals surface area contributed by atoms with Crippen molar-refractivity contribution in [1.82, 2.24) is 0 Å². The van der Waals surface area contributed by atoms with E-state index in [1.165, 1.54) is 44.0 Å². The van der Waals surface area contributed by atoms with Crippen LogP contribution in [0.25, 0.3) is 21.5 Å². The lowest BCUT2D eigenvalue weighted by Crippen LogP contribution is -2.41. The molecule has 1 saturated carbocycles. The summed E-state index contributed by atoms with van der Waals surface area (Å²) in [6.45, 7) is 17.8. The molecule has 0 aliphatic heterocycles. The Labute approximate surface area is 254 Å². The third kappa shape index (κ3) is 5.91. The Hall–Kier alpha value is -2.29.